The Morgan fingerprint density at radius 1 is 0.327 bits per heavy atom. The summed E-state index contributed by atoms with van der Waals surface area (Å²) >= 11 is 0. The molecule has 0 aliphatic heterocycles. The van der Waals surface area contributed by atoms with Crippen LogP contribution < -0.4 is 4.90 Å². The lowest BCUT2D eigenvalue weighted by Gasteiger charge is -2.25. The number of hydrogen-bond acceptors (Lipinski definition) is 1. The van der Waals surface area contributed by atoms with Crippen LogP contribution in [0.5, 0.6) is 0 Å². The minimum atomic E-state index is 1.10. The van der Waals surface area contributed by atoms with Gasteiger partial charge in [-0.3, -0.25) is 0 Å². The van der Waals surface area contributed by atoms with Crippen LogP contribution in [0.25, 0.3) is 61.9 Å². The molecule has 0 bridgehead atoms. The van der Waals surface area contributed by atoms with Gasteiger partial charge < -0.3 is 9.47 Å². The molecule has 246 valence electrons. The highest BCUT2D eigenvalue weighted by molar-refractivity contribution is 6.12. The van der Waals surface area contributed by atoms with Gasteiger partial charge in [-0.25, -0.2) is 0 Å². The highest BCUT2D eigenvalue weighted by Gasteiger charge is 2.18. The first kappa shape index (κ1) is 31.1. The van der Waals surface area contributed by atoms with Crippen molar-refractivity contribution >= 4 is 51.0 Å². The van der Waals surface area contributed by atoms with Crippen molar-refractivity contribution in [3.63, 3.8) is 0 Å². The van der Waals surface area contributed by atoms with E-state index in [-0.39, 0.29) is 0 Å². The number of benzene rings is 8. The van der Waals surface area contributed by atoms with Gasteiger partial charge in [-0.05, 0) is 106 Å². The third-order valence-electron chi connectivity index (χ3n) is 9.76. The van der Waals surface area contributed by atoms with Crippen molar-refractivity contribution in [3.05, 3.63) is 217 Å². The number of hydrogen-bond donors (Lipinski definition) is 0. The molecule has 1 heterocycles. The lowest BCUT2D eigenvalue weighted by atomic mass is 9.98. The van der Waals surface area contributed by atoms with Crippen LogP contribution in [-0.4, -0.2) is 4.57 Å². The molecule has 2 heteroatoms. The Labute approximate surface area is 304 Å². The smallest absolute Gasteiger partial charge is 0.0542 e. The second-order valence-electron chi connectivity index (χ2n) is 13.1. The number of para-hydroxylation sites is 2. The molecule has 8 aromatic carbocycles. The zero-order valence-electron chi connectivity index (χ0n) is 28.7. The zero-order chi connectivity index (χ0) is 34.7. The Kier molecular flexibility index (Phi) is 8.24. The van der Waals surface area contributed by atoms with E-state index in [4.69, 9.17) is 0 Å². The summed E-state index contributed by atoms with van der Waals surface area (Å²) in [7, 11) is 0. The van der Waals surface area contributed by atoms with Crippen LogP contribution in [0, 0.1) is 0 Å². The summed E-state index contributed by atoms with van der Waals surface area (Å²) in [6, 6.07) is 73.8. The average molecular weight is 665 g/mol. The van der Waals surface area contributed by atoms with Crippen LogP contribution in [0.15, 0.2) is 206 Å². The molecule has 0 atom stereocenters. The third-order valence-corrected chi connectivity index (χ3v) is 9.76. The molecule has 0 aliphatic carbocycles. The lowest BCUT2D eigenvalue weighted by molar-refractivity contribution is 1.18. The average Bonchev–Trinajstić information content (AvgIpc) is 3.55. The Morgan fingerprint density at radius 2 is 0.808 bits per heavy atom. The predicted molar refractivity (Wildman–Crippen MR) is 222 cm³/mol. The Bertz CT molecular complexity index is 2640. The maximum atomic E-state index is 2.39. The molecule has 52 heavy (non-hydrogen) atoms. The fourth-order valence-electron chi connectivity index (χ4n) is 7.21. The topological polar surface area (TPSA) is 8.17 Å². The van der Waals surface area contributed by atoms with Gasteiger partial charge in [0.05, 0.1) is 11.0 Å². The fraction of sp³-hybridized carbons (Fsp3) is 0. The molecule has 1 aromatic heterocycles. The van der Waals surface area contributed by atoms with E-state index >= 15 is 0 Å². The normalized spacial score (nSPS) is 11.4. The van der Waals surface area contributed by atoms with Gasteiger partial charge in [0.15, 0.2) is 0 Å². The second-order valence-corrected chi connectivity index (χ2v) is 13.1. The van der Waals surface area contributed by atoms with E-state index in [1.54, 1.807) is 0 Å². The lowest BCUT2D eigenvalue weighted by Crippen LogP contribution is -2.09. The van der Waals surface area contributed by atoms with Gasteiger partial charge in [0.25, 0.3) is 0 Å². The molecule has 2 nitrogen and oxygen atoms in total. The largest absolute Gasteiger partial charge is 0.310 e. The van der Waals surface area contributed by atoms with E-state index in [0.29, 0.717) is 0 Å². The maximum Gasteiger partial charge on any atom is 0.0542 e. The minimum Gasteiger partial charge on any atom is -0.310 e. The molecule has 0 aliphatic rings. The van der Waals surface area contributed by atoms with E-state index in [2.05, 4.69) is 222 Å². The SMILES string of the molecule is C(=C\c1ccc(N(c2ccccc2)c2ccc3c(c2)c2cc(-c4cccc(-c5ccccc5)c4)ccc2n3-c2ccccc2)cc1)/c1ccccc1. The molecule has 0 spiro atoms. The van der Waals surface area contributed by atoms with E-state index in [1.165, 1.54) is 49.6 Å². The van der Waals surface area contributed by atoms with E-state index in [1.807, 2.05) is 6.07 Å². The summed E-state index contributed by atoms with van der Waals surface area (Å²) in [5, 5.41) is 2.43. The molecule has 9 aromatic rings. The van der Waals surface area contributed by atoms with Gasteiger partial charge in [0.1, 0.15) is 0 Å². The van der Waals surface area contributed by atoms with E-state index in [9.17, 15) is 0 Å². The summed E-state index contributed by atoms with van der Waals surface area (Å²) in [5.74, 6) is 0. The number of nitrogens with zero attached hydrogens (tertiary/aromatic N) is 2. The Hall–Kier alpha value is -6.90. The molecule has 0 amide bonds. The van der Waals surface area contributed by atoms with Crippen LogP contribution in [0.3, 0.4) is 0 Å². The summed E-state index contributed by atoms with van der Waals surface area (Å²) in [6.45, 7) is 0. The monoisotopic (exact) mass is 664 g/mol. The number of anilines is 3. The van der Waals surface area contributed by atoms with Crippen molar-refractivity contribution in [2.75, 3.05) is 4.90 Å². The van der Waals surface area contributed by atoms with Crippen molar-refractivity contribution in [1.82, 2.24) is 4.57 Å². The molecular formula is C50H36N2. The van der Waals surface area contributed by atoms with Crippen molar-refractivity contribution < 1.29 is 0 Å². The highest BCUT2D eigenvalue weighted by Crippen LogP contribution is 2.41. The maximum absolute atomic E-state index is 2.39. The zero-order valence-corrected chi connectivity index (χ0v) is 28.7. The molecule has 0 N–H and O–H groups in total. The highest BCUT2D eigenvalue weighted by atomic mass is 15.1. The number of rotatable bonds is 8. The first-order valence-electron chi connectivity index (χ1n) is 17.8. The predicted octanol–water partition coefficient (Wildman–Crippen LogP) is 13.8. The standard InChI is InChI=1S/C50H36N2/c1-5-14-37(15-6-1)24-25-38-26-29-45(30-27-38)51(43-20-9-3-10-21-43)46-31-33-50-48(36-46)47-35-42(28-32-49(47)52(50)44-22-11-4-12-23-44)41-19-13-18-40(34-41)39-16-7-2-8-17-39/h1-36H/b25-24+. The Balaban J connectivity index is 1.18. The molecule has 0 fully saturated rings. The summed E-state index contributed by atoms with van der Waals surface area (Å²) < 4.78 is 2.39. The van der Waals surface area contributed by atoms with Gasteiger partial charge in [-0.15, -0.1) is 0 Å². The van der Waals surface area contributed by atoms with E-state index < -0.39 is 0 Å². The van der Waals surface area contributed by atoms with Crippen molar-refractivity contribution in [2.24, 2.45) is 0 Å². The second kappa shape index (κ2) is 13.8. The van der Waals surface area contributed by atoms with Crippen LogP contribution in [0.4, 0.5) is 17.1 Å². The van der Waals surface area contributed by atoms with Crippen molar-refractivity contribution in [2.45, 2.75) is 0 Å². The van der Waals surface area contributed by atoms with E-state index in [0.717, 1.165) is 28.3 Å². The third kappa shape index (κ3) is 6.08. The van der Waals surface area contributed by atoms with Crippen molar-refractivity contribution in [3.8, 4) is 27.9 Å². The van der Waals surface area contributed by atoms with Crippen LogP contribution >= 0.6 is 0 Å². The van der Waals surface area contributed by atoms with Gasteiger partial charge in [0.2, 0.25) is 0 Å². The quantitative estimate of drug-likeness (QED) is 0.147. The first-order valence-corrected chi connectivity index (χ1v) is 17.8. The summed E-state index contributed by atoms with van der Waals surface area (Å²) in [6.07, 6.45) is 4.33. The van der Waals surface area contributed by atoms with Gasteiger partial charge >= 0.3 is 0 Å². The van der Waals surface area contributed by atoms with Gasteiger partial charge in [-0.2, -0.15) is 0 Å². The minimum absolute atomic E-state index is 1.10. The molecule has 0 radical (unpaired) electrons. The van der Waals surface area contributed by atoms with Gasteiger partial charge in [-0.1, -0.05) is 146 Å². The van der Waals surface area contributed by atoms with Crippen LogP contribution in [-0.2, 0) is 0 Å². The van der Waals surface area contributed by atoms with Crippen LogP contribution in [0.2, 0.25) is 0 Å². The fourth-order valence-corrected chi connectivity index (χ4v) is 7.21. The summed E-state index contributed by atoms with van der Waals surface area (Å²) in [4.78, 5) is 2.35. The van der Waals surface area contributed by atoms with Crippen LogP contribution in [0.1, 0.15) is 11.1 Å². The molecular weight excluding hydrogens is 629 g/mol. The molecule has 0 saturated carbocycles. The number of fused-ring (bicyclic) bond motifs is 3. The molecule has 9 rings (SSSR count). The number of aromatic nitrogens is 1. The first-order chi connectivity index (χ1) is 25.8. The van der Waals surface area contributed by atoms with Gasteiger partial charge in [0, 0.05) is 33.5 Å². The van der Waals surface area contributed by atoms with Crippen molar-refractivity contribution in [1.29, 1.82) is 0 Å². The molecule has 0 saturated heterocycles. The Morgan fingerprint density at radius 3 is 1.50 bits per heavy atom. The molecule has 0 unspecified atom stereocenters. The summed E-state index contributed by atoms with van der Waals surface area (Å²) in [5.41, 5.74) is 14.0.